The molecule has 2 aliphatic heterocycles. The van der Waals surface area contributed by atoms with Crippen LogP contribution in [0.4, 0.5) is 0 Å². The van der Waals surface area contributed by atoms with E-state index >= 15 is 0 Å². The Labute approximate surface area is 450 Å². The number of carbonyl (C=O) groups is 1. The lowest BCUT2D eigenvalue weighted by Gasteiger charge is -2.42. The van der Waals surface area contributed by atoms with Crippen molar-refractivity contribution in [2.75, 3.05) is 33.0 Å². The molecule has 426 valence electrons. The van der Waals surface area contributed by atoms with Gasteiger partial charge in [0.1, 0.15) is 54.9 Å². The van der Waals surface area contributed by atoms with Crippen LogP contribution < -0.4 is 0 Å². The van der Waals surface area contributed by atoms with Gasteiger partial charge in [-0.2, -0.15) is 0 Å². The Hall–Kier alpha value is -3.61. The third-order valence-corrected chi connectivity index (χ3v) is 12.5. The van der Waals surface area contributed by atoms with Crippen molar-refractivity contribution >= 4 is 5.97 Å². The number of unbranched alkanes of at least 4 members (excludes halogenated alkanes) is 10. The standard InChI is InChI=1S/C61H98O14/c1-3-5-7-9-11-13-15-17-19-20-21-22-23-24-25-26-27-28-29-31-33-35-37-39-41-43-45-70-47-50(73-53(63)44-42-40-38-36-34-32-30-18-16-14-12-10-8-6-4-2)48-71-60-59(69)57(67)55(65)52(75-60)49-72-61-58(68)56(66)54(64)51(46-62)74-61/h5-8,11-14,17-19,21-22,24-25,30,34,36,40,42,50-52,54-62,64-69H,3-4,9-10,15-16,20,23,26-29,31-33,35,37-39,41,43-49H2,1-2H3/b7-5-,8-6-,13-11-,14-12-,19-17-,22-21-,25-24-,30-18-,36-34-,42-40-. The molecule has 0 bridgehead atoms. The van der Waals surface area contributed by atoms with Gasteiger partial charge in [-0.25, -0.2) is 0 Å². The molecule has 11 atom stereocenters. The molecule has 75 heavy (non-hydrogen) atoms. The molecule has 0 aliphatic carbocycles. The van der Waals surface area contributed by atoms with E-state index in [1.807, 2.05) is 12.2 Å². The van der Waals surface area contributed by atoms with E-state index in [1.165, 1.54) is 44.9 Å². The van der Waals surface area contributed by atoms with Gasteiger partial charge in [-0.15, -0.1) is 0 Å². The topological polar surface area (TPSA) is 214 Å². The second-order valence-electron chi connectivity index (χ2n) is 19.0. The summed E-state index contributed by atoms with van der Waals surface area (Å²) in [6, 6.07) is 0. The van der Waals surface area contributed by atoms with Crippen molar-refractivity contribution in [3.8, 4) is 0 Å². The molecule has 2 fully saturated rings. The monoisotopic (exact) mass is 1050 g/mol. The molecule has 0 saturated carbocycles. The molecule has 2 aliphatic rings. The van der Waals surface area contributed by atoms with E-state index in [2.05, 4.69) is 117 Å². The van der Waals surface area contributed by atoms with Gasteiger partial charge in [0.15, 0.2) is 12.6 Å². The second-order valence-corrected chi connectivity index (χ2v) is 19.0. The number of ether oxygens (including phenoxy) is 6. The predicted molar refractivity (Wildman–Crippen MR) is 297 cm³/mol. The molecule has 14 heteroatoms. The average Bonchev–Trinajstić information content (AvgIpc) is 3.41. The largest absolute Gasteiger partial charge is 0.457 e. The van der Waals surface area contributed by atoms with Crippen LogP contribution in [0.1, 0.15) is 155 Å². The molecule has 7 N–H and O–H groups in total. The number of rotatable bonds is 43. The van der Waals surface area contributed by atoms with Crippen molar-refractivity contribution in [2.45, 2.75) is 223 Å². The number of esters is 1. The summed E-state index contributed by atoms with van der Waals surface area (Å²) in [4.78, 5) is 13.0. The van der Waals surface area contributed by atoms with Crippen LogP contribution >= 0.6 is 0 Å². The van der Waals surface area contributed by atoms with Crippen LogP contribution in [0.5, 0.6) is 0 Å². The highest BCUT2D eigenvalue weighted by atomic mass is 16.7. The lowest BCUT2D eigenvalue weighted by Crippen LogP contribution is -2.61. The minimum Gasteiger partial charge on any atom is -0.457 e. The van der Waals surface area contributed by atoms with Crippen molar-refractivity contribution in [1.82, 2.24) is 0 Å². The summed E-state index contributed by atoms with van der Waals surface area (Å²) in [6.45, 7) is 3.29. The van der Waals surface area contributed by atoms with Crippen molar-refractivity contribution in [2.24, 2.45) is 0 Å². The highest BCUT2D eigenvalue weighted by Crippen LogP contribution is 2.26. The normalized spacial score (nSPS) is 25.6. The first-order valence-corrected chi connectivity index (χ1v) is 28.1. The fourth-order valence-corrected chi connectivity index (χ4v) is 8.03. The number of allylic oxidation sites excluding steroid dienone is 19. The van der Waals surface area contributed by atoms with E-state index < -0.39 is 86.7 Å². The maximum Gasteiger partial charge on any atom is 0.310 e. The average molecular weight is 1060 g/mol. The first kappa shape index (κ1) is 67.5. The van der Waals surface area contributed by atoms with Crippen molar-refractivity contribution < 1.29 is 69.0 Å². The minimum absolute atomic E-state index is 0.0100. The summed E-state index contributed by atoms with van der Waals surface area (Å²) in [7, 11) is 0. The molecule has 2 heterocycles. The quantitative estimate of drug-likeness (QED) is 0.0172. The fourth-order valence-electron chi connectivity index (χ4n) is 8.03. The van der Waals surface area contributed by atoms with Gasteiger partial charge >= 0.3 is 5.97 Å². The van der Waals surface area contributed by atoms with Crippen LogP contribution in [0, 0.1) is 0 Å². The Morgan fingerprint density at radius 2 is 0.827 bits per heavy atom. The Bertz CT molecular complexity index is 1700. The third kappa shape index (κ3) is 33.3. The summed E-state index contributed by atoms with van der Waals surface area (Å²) in [5, 5.41) is 72.3. The second kappa shape index (κ2) is 46.5. The van der Waals surface area contributed by atoms with Crippen molar-refractivity contribution in [3.05, 3.63) is 122 Å². The summed E-state index contributed by atoms with van der Waals surface area (Å²) >= 11 is 0. The lowest BCUT2D eigenvalue weighted by molar-refractivity contribution is -0.332. The summed E-state index contributed by atoms with van der Waals surface area (Å²) in [5.41, 5.74) is 0. The molecule has 11 unspecified atom stereocenters. The van der Waals surface area contributed by atoms with E-state index in [0.717, 1.165) is 83.5 Å². The maximum absolute atomic E-state index is 13.0. The Kier molecular flexibility index (Phi) is 41.8. The molecule has 2 rings (SSSR count). The molecular weight excluding hydrogens is 957 g/mol. The van der Waals surface area contributed by atoms with Crippen LogP contribution in [0.3, 0.4) is 0 Å². The Balaban J connectivity index is 1.73. The molecule has 0 radical (unpaired) electrons. The van der Waals surface area contributed by atoms with Crippen LogP contribution in [0.2, 0.25) is 0 Å². The summed E-state index contributed by atoms with van der Waals surface area (Å²) < 4.78 is 34.2. The van der Waals surface area contributed by atoms with Gasteiger partial charge in [-0.1, -0.05) is 187 Å². The Morgan fingerprint density at radius 1 is 0.440 bits per heavy atom. The van der Waals surface area contributed by atoms with E-state index in [9.17, 15) is 40.5 Å². The Morgan fingerprint density at radius 3 is 1.29 bits per heavy atom. The molecule has 0 aromatic rings. The SMILES string of the molecule is CC/C=C\C/C=C\C/C=C\C/C=C\C/C=C\CCCCCCCCCCCCOCC(COC1OC(COC2OC(CO)C(O)C(O)C2O)C(O)C(O)C1O)OC(=O)C/C=C\C/C=C\C/C=C\C/C=C\C/C=C\CC. The van der Waals surface area contributed by atoms with Crippen LogP contribution in [0.25, 0.3) is 0 Å². The number of hydrogen-bond donors (Lipinski definition) is 7. The number of carbonyl (C=O) groups excluding carboxylic acids is 1. The smallest absolute Gasteiger partial charge is 0.310 e. The highest BCUT2D eigenvalue weighted by molar-refractivity contribution is 5.71. The predicted octanol–water partition coefficient (Wildman–Crippen LogP) is 9.74. The van der Waals surface area contributed by atoms with Gasteiger partial charge in [-0.3, -0.25) is 4.79 Å². The van der Waals surface area contributed by atoms with E-state index in [4.69, 9.17) is 28.4 Å². The molecule has 0 amide bonds. The van der Waals surface area contributed by atoms with Crippen molar-refractivity contribution in [1.29, 1.82) is 0 Å². The fraction of sp³-hybridized carbons (Fsp3) is 0.656. The van der Waals surface area contributed by atoms with E-state index in [0.29, 0.717) is 13.0 Å². The lowest BCUT2D eigenvalue weighted by atomic mass is 9.98. The molecule has 0 aromatic carbocycles. The van der Waals surface area contributed by atoms with Crippen LogP contribution in [-0.4, -0.2) is 142 Å². The van der Waals surface area contributed by atoms with E-state index in [-0.39, 0.29) is 19.6 Å². The molecule has 2 saturated heterocycles. The van der Waals surface area contributed by atoms with Gasteiger partial charge in [-0.05, 0) is 83.5 Å². The van der Waals surface area contributed by atoms with Gasteiger partial charge < -0.3 is 64.2 Å². The van der Waals surface area contributed by atoms with Crippen LogP contribution in [-0.2, 0) is 33.2 Å². The molecule has 14 nitrogen and oxygen atoms in total. The third-order valence-electron chi connectivity index (χ3n) is 12.5. The van der Waals surface area contributed by atoms with E-state index in [1.54, 1.807) is 6.08 Å². The molecular formula is C61H98O14. The summed E-state index contributed by atoms with van der Waals surface area (Å²) in [6.07, 6.45) is 48.6. The van der Waals surface area contributed by atoms with Gasteiger partial charge in [0.05, 0.1) is 32.8 Å². The molecule has 0 spiro atoms. The summed E-state index contributed by atoms with van der Waals surface area (Å²) in [5.74, 6) is -0.509. The van der Waals surface area contributed by atoms with Gasteiger partial charge in [0.2, 0.25) is 0 Å². The molecule has 0 aromatic heterocycles. The number of aliphatic hydroxyl groups is 7. The zero-order valence-corrected chi connectivity index (χ0v) is 45.5. The first-order chi connectivity index (χ1) is 36.6. The van der Waals surface area contributed by atoms with Crippen LogP contribution in [0.15, 0.2) is 122 Å². The highest BCUT2D eigenvalue weighted by Gasteiger charge is 2.47. The number of aliphatic hydroxyl groups excluding tert-OH is 7. The zero-order chi connectivity index (χ0) is 54.4. The first-order valence-electron chi connectivity index (χ1n) is 28.1. The van der Waals surface area contributed by atoms with Gasteiger partial charge in [0, 0.05) is 6.61 Å². The number of hydrogen-bond acceptors (Lipinski definition) is 14. The van der Waals surface area contributed by atoms with Crippen molar-refractivity contribution in [3.63, 3.8) is 0 Å². The minimum atomic E-state index is -1.73. The maximum atomic E-state index is 13.0. The van der Waals surface area contributed by atoms with Gasteiger partial charge in [0.25, 0.3) is 0 Å². The zero-order valence-electron chi connectivity index (χ0n) is 45.5.